The first-order valence-corrected chi connectivity index (χ1v) is 13.3. The summed E-state index contributed by atoms with van der Waals surface area (Å²) in [4.78, 5) is 12.6. The highest BCUT2D eigenvalue weighted by Gasteiger charge is 2.62. The van der Waals surface area contributed by atoms with E-state index < -0.39 is 36.2 Å². The summed E-state index contributed by atoms with van der Waals surface area (Å²) in [5.74, 6) is 0.231. The van der Waals surface area contributed by atoms with Crippen LogP contribution in [0.25, 0.3) is 11.2 Å². The lowest BCUT2D eigenvalue weighted by Crippen LogP contribution is -2.60. The van der Waals surface area contributed by atoms with Crippen LogP contribution in [0.5, 0.6) is 0 Å². The maximum Gasteiger partial charge on any atom is 0.333 e. The van der Waals surface area contributed by atoms with Gasteiger partial charge in [0.25, 0.3) is 0 Å². The number of fused-ring (bicyclic) bond motifs is 1. The lowest BCUT2D eigenvalue weighted by molar-refractivity contribution is -0.137. The Morgan fingerprint density at radius 2 is 2.14 bits per heavy atom. The molecule has 2 aromatic heterocycles. The van der Waals surface area contributed by atoms with Crippen molar-refractivity contribution in [3.8, 4) is 0 Å². The number of unbranched alkanes of at least 4 members (excludes halogenated alkanes) is 1. The normalized spacial score (nSPS) is 27.9. The Balaban J connectivity index is 2.12. The predicted molar refractivity (Wildman–Crippen MR) is 108 cm³/mol. The van der Waals surface area contributed by atoms with Gasteiger partial charge in [0.05, 0.1) is 19.0 Å². The van der Waals surface area contributed by atoms with Crippen LogP contribution in [0.4, 0.5) is 5.82 Å². The number of imidazole rings is 1. The minimum absolute atomic E-state index is 0.193. The molecule has 2 aromatic rings. The van der Waals surface area contributed by atoms with E-state index in [4.69, 9.17) is 19.8 Å². The number of nitrogen functional groups attached to an aromatic ring is 1. The van der Waals surface area contributed by atoms with Crippen molar-refractivity contribution in [2.45, 2.75) is 62.8 Å². The summed E-state index contributed by atoms with van der Waals surface area (Å²) in [5.41, 5.74) is 5.53. The van der Waals surface area contributed by atoms with Crippen molar-refractivity contribution in [3.05, 3.63) is 12.7 Å². The van der Waals surface area contributed by atoms with Crippen LogP contribution in [0, 0.1) is 0 Å². The zero-order valence-electron chi connectivity index (χ0n) is 16.7. The topological polar surface area (TPSA) is 168 Å². The predicted octanol–water partition coefficient (Wildman–Crippen LogP) is 0.285. The summed E-state index contributed by atoms with van der Waals surface area (Å²) >= 11 is 0. The van der Waals surface area contributed by atoms with Gasteiger partial charge < -0.3 is 15.6 Å². The van der Waals surface area contributed by atoms with Crippen molar-refractivity contribution in [3.63, 3.8) is 0 Å². The fraction of sp³-hybridized carbons (Fsp3) is 0.688. The number of anilines is 1. The second kappa shape index (κ2) is 7.89. The van der Waals surface area contributed by atoms with E-state index in [-0.39, 0.29) is 18.8 Å². The molecule has 1 saturated heterocycles. The maximum atomic E-state index is 11.8. The summed E-state index contributed by atoms with van der Waals surface area (Å²) in [6.07, 6.45) is 4.52. The third kappa shape index (κ3) is 3.90. The Hall–Kier alpha value is -1.64. The lowest BCUT2D eigenvalue weighted by Gasteiger charge is -2.44. The van der Waals surface area contributed by atoms with Gasteiger partial charge in [0.1, 0.15) is 26.2 Å². The maximum absolute atomic E-state index is 11.8. The molecule has 0 amide bonds. The van der Waals surface area contributed by atoms with E-state index >= 15 is 0 Å². The Morgan fingerprint density at radius 3 is 2.76 bits per heavy atom. The fourth-order valence-corrected chi connectivity index (χ4v) is 6.65. The average molecular weight is 444 g/mol. The molecule has 0 saturated carbocycles. The molecule has 13 heteroatoms. The lowest BCUT2D eigenvalue weighted by atomic mass is 9.90. The van der Waals surface area contributed by atoms with Gasteiger partial charge in [-0.15, -0.1) is 0 Å². The molecule has 1 fully saturated rings. The summed E-state index contributed by atoms with van der Waals surface area (Å²) in [6, 6.07) is 0. The Bertz CT molecular complexity index is 985. The molecular formula is C16H27N6O5SSi. The molecule has 0 spiro atoms. The highest BCUT2D eigenvalue weighted by atomic mass is 32.2. The van der Waals surface area contributed by atoms with Crippen molar-refractivity contribution in [2.75, 3.05) is 12.3 Å². The number of aliphatic hydroxyl groups is 1. The van der Waals surface area contributed by atoms with Gasteiger partial charge in [-0.25, -0.2) is 20.1 Å². The number of nitrogens with two attached hydrogens (primary N) is 2. The van der Waals surface area contributed by atoms with Crippen molar-refractivity contribution >= 4 is 36.1 Å². The van der Waals surface area contributed by atoms with Crippen LogP contribution in [-0.2, 0) is 24.6 Å². The highest BCUT2D eigenvalue weighted by Crippen LogP contribution is 2.49. The Kier molecular flexibility index (Phi) is 6.00. The van der Waals surface area contributed by atoms with Crippen LogP contribution in [-0.4, -0.2) is 60.2 Å². The minimum Gasteiger partial charge on any atom is -0.385 e. The molecule has 3 heterocycles. The largest absolute Gasteiger partial charge is 0.385 e. The monoisotopic (exact) mass is 443 g/mol. The Labute approximate surface area is 171 Å². The van der Waals surface area contributed by atoms with Crippen LogP contribution in [0.15, 0.2) is 12.7 Å². The van der Waals surface area contributed by atoms with Gasteiger partial charge in [-0.2, -0.15) is 8.42 Å². The zero-order chi connectivity index (χ0) is 21.4. The molecule has 11 nitrogen and oxygen atoms in total. The van der Waals surface area contributed by atoms with Crippen LogP contribution >= 0.6 is 0 Å². The third-order valence-electron chi connectivity index (χ3n) is 5.27. The summed E-state index contributed by atoms with van der Waals surface area (Å²) < 4.78 is 35.4. The molecule has 1 aliphatic rings. The molecule has 1 radical (unpaired) electrons. The van der Waals surface area contributed by atoms with Gasteiger partial charge >= 0.3 is 10.3 Å². The molecule has 3 rings (SSSR count). The molecule has 3 atom stereocenters. The van der Waals surface area contributed by atoms with E-state index in [1.54, 1.807) is 10.9 Å². The zero-order valence-corrected chi connectivity index (χ0v) is 18.5. The molecule has 0 unspecified atom stereocenters. The van der Waals surface area contributed by atoms with Gasteiger partial charge in [-0.3, -0.25) is 8.75 Å². The van der Waals surface area contributed by atoms with Crippen molar-refractivity contribution in [1.29, 1.82) is 0 Å². The fourth-order valence-electron chi connectivity index (χ4n) is 4.10. The van der Waals surface area contributed by atoms with E-state index in [1.165, 1.54) is 6.33 Å². The molecular weight excluding hydrogens is 416 g/mol. The second-order valence-electron chi connectivity index (χ2n) is 7.55. The molecule has 0 bridgehead atoms. The molecule has 0 aliphatic carbocycles. The summed E-state index contributed by atoms with van der Waals surface area (Å²) in [5, 5.41) is 15.7. The number of aromatic nitrogens is 4. The summed E-state index contributed by atoms with van der Waals surface area (Å²) in [6.45, 7) is 5.78. The first kappa shape index (κ1) is 22.1. The van der Waals surface area contributed by atoms with E-state index in [0.717, 1.165) is 12.8 Å². The number of hydrogen-bond donors (Lipinski definition) is 3. The van der Waals surface area contributed by atoms with Crippen LogP contribution in [0.2, 0.25) is 13.1 Å². The molecule has 0 aromatic carbocycles. The van der Waals surface area contributed by atoms with Crippen molar-refractivity contribution < 1.29 is 22.4 Å². The smallest absolute Gasteiger partial charge is 0.333 e. The van der Waals surface area contributed by atoms with Crippen LogP contribution in [0.3, 0.4) is 0 Å². The van der Waals surface area contributed by atoms with E-state index in [0.29, 0.717) is 17.6 Å². The van der Waals surface area contributed by atoms with Crippen molar-refractivity contribution in [2.24, 2.45) is 5.14 Å². The highest BCUT2D eigenvalue weighted by molar-refractivity contribution is 7.84. The minimum atomic E-state index is -4.13. The van der Waals surface area contributed by atoms with E-state index in [9.17, 15) is 13.5 Å². The Morgan fingerprint density at radius 1 is 1.41 bits per heavy atom. The van der Waals surface area contributed by atoms with E-state index in [1.807, 2.05) is 20.0 Å². The number of ether oxygens (including phenoxy) is 1. The molecule has 161 valence electrons. The van der Waals surface area contributed by atoms with Crippen LogP contribution < -0.4 is 10.9 Å². The SMILES string of the molecule is CCCC[C@@]1(O)C[C@@H](COS(N)(=O)=O)O[C@]1(n1cnc2c(N)ncnc21)[Si](C)C. The van der Waals surface area contributed by atoms with E-state index in [2.05, 4.69) is 15.0 Å². The summed E-state index contributed by atoms with van der Waals surface area (Å²) in [7, 11) is -5.53. The van der Waals surface area contributed by atoms with Gasteiger partial charge in [-0.1, -0.05) is 32.9 Å². The number of rotatable bonds is 8. The van der Waals surface area contributed by atoms with Crippen molar-refractivity contribution in [1.82, 2.24) is 19.5 Å². The molecule has 1 aliphatic heterocycles. The molecule has 5 N–H and O–H groups in total. The average Bonchev–Trinajstić information content (AvgIpc) is 3.18. The standard InChI is InChI=1S/C16H27N6O5SSi/c1-4-5-6-15(23)7-11(8-26-28(18,24)25)27-16(15,29(2)3)22-10-21-12-13(17)19-9-20-14(12)22/h9-11,23H,4-8H2,1-3H3,(H2,17,19,20)(H2,18,24,25)/t11-,15+,16-/m0/s1. The quantitative estimate of drug-likeness (QED) is 0.485. The van der Waals surface area contributed by atoms with Gasteiger partial charge in [0.2, 0.25) is 0 Å². The first-order chi connectivity index (χ1) is 13.5. The van der Waals surface area contributed by atoms with Gasteiger partial charge in [-0.05, 0) is 6.42 Å². The first-order valence-electron chi connectivity index (χ1n) is 9.36. The van der Waals surface area contributed by atoms with Gasteiger partial charge in [0, 0.05) is 6.42 Å². The molecule has 29 heavy (non-hydrogen) atoms. The number of nitrogens with zero attached hydrogens (tertiary/aromatic N) is 4. The second-order valence-corrected chi connectivity index (χ2v) is 11.4. The third-order valence-corrected chi connectivity index (χ3v) is 7.92. The van der Waals surface area contributed by atoms with Gasteiger partial charge in [0.15, 0.2) is 16.8 Å². The number of hydrogen-bond acceptors (Lipinski definition) is 9. The van der Waals surface area contributed by atoms with Crippen LogP contribution in [0.1, 0.15) is 32.6 Å².